The van der Waals surface area contributed by atoms with Crippen LogP contribution in [0.2, 0.25) is 0 Å². The average molecular weight is 431 g/mol. The first kappa shape index (κ1) is 20.3. The van der Waals surface area contributed by atoms with Crippen LogP contribution in [0.3, 0.4) is 0 Å². The number of nitrogens with one attached hydrogen (secondary N) is 2. The van der Waals surface area contributed by atoms with Crippen LogP contribution in [0.4, 0.5) is 4.39 Å². The van der Waals surface area contributed by atoms with Gasteiger partial charge >= 0.3 is 0 Å². The fourth-order valence-corrected chi connectivity index (χ4v) is 3.79. The van der Waals surface area contributed by atoms with E-state index in [-0.39, 0.29) is 11.4 Å². The van der Waals surface area contributed by atoms with Crippen molar-refractivity contribution in [3.63, 3.8) is 0 Å². The molecule has 0 aliphatic carbocycles. The third-order valence-electron chi connectivity index (χ3n) is 5.54. The van der Waals surface area contributed by atoms with E-state index in [9.17, 15) is 9.18 Å². The van der Waals surface area contributed by atoms with Gasteiger partial charge in [0.1, 0.15) is 11.5 Å². The molecule has 0 spiro atoms. The molecule has 0 amide bonds. The smallest absolute Gasteiger partial charge is 0.260 e. The van der Waals surface area contributed by atoms with Crippen LogP contribution in [0.15, 0.2) is 53.7 Å². The highest BCUT2D eigenvalue weighted by Gasteiger charge is 2.13. The van der Waals surface area contributed by atoms with Gasteiger partial charge in [0.15, 0.2) is 0 Å². The molecule has 7 nitrogen and oxygen atoms in total. The minimum absolute atomic E-state index is 0.189. The molecular formula is C24H22FN5O2. The minimum atomic E-state index is -0.212. The Balaban J connectivity index is 1.33. The summed E-state index contributed by atoms with van der Waals surface area (Å²) in [6.07, 6.45) is 6.75. The standard InChI is InChI=1S/C24H22FN5O2/c25-21-11-16(1-3-18(21)14-30-7-9-32-10-8-30)2-4-19-12-17(5-6-26-19)22-13-20-23(29-22)27-15-28-24(20)31/h1-6,11-13,15H,7-10,14H2,(H2,27,28,29,31)/b4-2+. The summed E-state index contributed by atoms with van der Waals surface area (Å²) in [6, 6.07) is 10.8. The van der Waals surface area contributed by atoms with Crippen molar-refractivity contribution in [2.24, 2.45) is 0 Å². The Labute approximate surface area is 183 Å². The van der Waals surface area contributed by atoms with Crippen LogP contribution >= 0.6 is 0 Å². The second-order valence-electron chi connectivity index (χ2n) is 7.72. The average Bonchev–Trinajstić information content (AvgIpc) is 3.26. The third-order valence-corrected chi connectivity index (χ3v) is 5.54. The quantitative estimate of drug-likeness (QED) is 0.505. The summed E-state index contributed by atoms with van der Waals surface area (Å²) >= 11 is 0. The summed E-state index contributed by atoms with van der Waals surface area (Å²) in [4.78, 5) is 28.4. The van der Waals surface area contributed by atoms with E-state index in [1.807, 2.05) is 36.4 Å². The number of hydrogen-bond acceptors (Lipinski definition) is 5. The molecule has 1 fully saturated rings. The molecule has 3 aromatic heterocycles. The van der Waals surface area contributed by atoms with Gasteiger partial charge in [0, 0.05) is 42.7 Å². The second-order valence-corrected chi connectivity index (χ2v) is 7.72. The molecule has 1 saturated heterocycles. The Kier molecular flexibility index (Phi) is 5.62. The fourth-order valence-electron chi connectivity index (χ4n) is 3.79. The largest absolute Gasteiger partial charge is 0.379 e. The van der Waals surface area contributed by atoms with E-state index in [2.05, 4.69) is 24.8 Å². The van der Waals surface area contributed by atoms with Gasteiger partial charge in [-0.15, -0.1) is 0 Å². The molecular weight excluding hydrogens is 409 g/mol. The van der Waals surface area contributed by atoms with Gasteiger partial charge in [0.2, 0.25) is 0 Å². The van der Waals surface area contributed by atoms with Crippen LogP contribution < -0.4 is 5.56 Å². The van der Waals surface area contributed by atoms with Crippen LogP contribution in [-0.4, -0.2) is 51.1 Å². The van der Waals surface area contributed by atoms with Gasteiger partial charge in [-0.1, -0.05) is 18.2 Å². The second kappa shape index (κ2) is 8.86. The Morgan fingerprint density at radius 1 is 1.09 bits per heavy atom. The summed E-state index contributed by atoms with van der Waals surface area (Å²) < 4.78 is 20.0. The van der Waals surface area contributed by atoms with Crippen LogP contribution in [0.25, 0.3) is 34.4 Å². The first-order chi connectivity index (χ1) is 15.7. The summed E-state index contributed by atoms with van der Waals surface area (Å²) in [5, 5.41) is 0.504. The Morgan fingerprint density at radius 2 is 1.97 bits per heavy atom. The lowest BCUT2D eigenvalue weighted by Gasteiger charge is -2.26. The van der Waals surface area contributed by atoms with Gasteiger partial charge in [0.05, 0.1) is 30.6 Å². The van der Waals surface area contributed by atoms with Gasteiger partial charge in [-0.3, -0.25) is 14.7 Å². The van der Waals surface area contributed by atoms with Crippen LogP contribution in [0.1, 0.15) is 16.8 Å². The normalized spacial score (nSPS) is 15.0. The maximum absolute atomic E-state index is 14.6. The molecule has 32 heavy (non-hydrogen) atoms. The van der Waals surface area contributed by atoms with Gasteiger partial charge in [-0.05, 0) is 35.9 Å². The lowest BCUT2D eigenvalue weighted by molar-refractivity contribution is 0.0337. The van der Waals surface area contributed by atoms with E-state index in [1.165, 1.54) is 6.33 Å². The highest BCUT2D eigenvalue weighted by atomic mass is 19.1. The number of ether oxygens (including phenoxy) is 1. The minimum Gasteiger partial charge on any atom is -0.379 e. The Morgan fingerprint density at radius 3 is 2.78 bits per heavy atom. The molecule has 0 atom stereocenters. The molecule has 1 aliphatic heterocycles. The van der Waals surface area contributed by atoms with Crippen molar-refractivity contribution in [2.45, 2.75) is 6.54 Å². The number of halogens is 1. The van der Waals surface area contributed by atoms with E-state index in [0.717, 1.165) is 35.6 Å². The highest BCUT2D eigenvalue weighted by Crippen LogP contribution is 2.22. The third kappa shape index (κ3) is 4.37. The van der Waals surface area contributed by atoms with Crippen molar-refractivity contribution < 1.29 is 9.13 Å². The molecule has 4 heterocycles. The number of H-pyrrole nitrogens is 2. The molecule has 162 valence electrons. The number of nitrogens with zero attached hydrogens (tertiary/aromatic N) is 3. The van der Waals surface area contributed by atoms with Crippen molar-refractivity contribution in [2.75, 3.05) is 26.3 Å². The molecule has 1 aromatic carbocycles. The zero-order valence-electron chi connectivity index (χ0n) is 17.3. The maximum atomic E-state index is 14.6. The van der Waals surface area contributed by atoms with Crippen molar-refractivity contribution >= 4 is 23.2 Å². The number of pyridine rings is 1. The predicted molar refractivity (Wildman–Crippen MR) is 121 cm³/mol. The monoisotopic (exact) mass is 431 g/mol. The number of benzene rings is 1. The molecule has 0 unspecified atom stereocenters. The number of morpholine rings is 1. The Hall–Kier alpha value is -3.62. The SMILES string of the molecule is O=c1[nH]cnc2[nH]c(-c3ccnc(/C=C/c4ccc(CN5CCOCC5)c(F)c4)c3)cc12. The van der Waals surface area contributed by atoms with Crippen LogP contribution in [-0.2, 0) is 11.3 Å². The number of rotatable bonds is 5. The van der Waals surface area contributed by atoms with Crippen LogP contribution in [0.5, 0.6) is 0 Å². The van der Waals surface area contributed by atoms with Crippen molar-refractivity contribution in [3.8, 4) is 11.3 Å². The summed E-state index contributed by atoms with van der Waals surface area (Å²) in [7, 11) is 0. The van der Waals surface area contributed by atoms with Crippen LogP contribution in [0, 0.1) is 5.82 Å². The van der Waals surface area contributed by atoms with Crippen molar-refractivity contribution in [1.29, 1.82) is 0 Å². The van der Waals surface area contributed by atoms with E-state index >= 15 is 0 Å². The highest BCUT2D eigenvalue weighted by molar-refractivity contribution is 5.82. The zero-order valence-corrected chi connectivity index (χ0v) is 17.3. The number of fused-ring (bicyclic) bond motifs is 1. The molecule has 5 rings (SSSR count). The van der Waals surface area contributed by atoms with Gasteiger partial charge in [-0.25, -0.2) is 9.37 Å². The van der Waals surface area contributed by atoms with E-state index in [0.29, 0.717) is 36.4 Å². The van der Waals surface area contributed by atoms with E-state index in [1.54, 1.807) is 18.3 Å². The molecule has 2 N–H and O–H groups in total. The number of aromatic nitrogens is 4. The first-order valence-corrected chi connectivity index (χ1v) is 10.5. The molecule has 4 aromatic rings. The molecule has 8 heteroatoms. The molecule has 0 radical (unpaired) electrons. The zero-order chi connectivity index (χ0) is 21.9. The molecule has 1 aliphatic rings. The predicted octanol–water partition coefficient (Wildman–Crippen LogP) is 3.45. The van der Waals surface area contributed by atoms with E-state index < -0.39 is 0 Å². The van der Waals surface area contributed by atoms with Gasteiger partial charge in [-0.2, -0.15) is 0 Å². The van der Waals surface area contributed by atoms with Gasteiger partial charge < -0.3 is 14.7 Å². The van der Waals surface area contributed by atoms with E-state index in [4.69, 9.17) is 4.74 Å². The number of hydrogen-bond donors (Lipinski definition) is 2. The summed E-state index contributed by atoms with van der Waals surface area (Å²) in [6.45, 7) is 3.62. The summed E-state index contributed by atoms with van der Waals surface area (Å²) in [5.74, 6) is -0.212. The van der Waals surface area contributed by atoms with Gasteiger partial charge in [0.25, 0.3) is 5.56 Å². The summed E-state index contributed by atoms with van der Waals surface area (Å²) in [5.41, 5.74) is 4.18. The topological polar surface area (TPSA) is 86.9 Å². The van der Waals surface area contributed by atoms with Crippen molar-refractivity contribution in [1.82, 2.24) is 24.8 Å². The first-order valence-electron chi connectivity index (χ1n) is 10.5. The van der Waals surface area contributed by atoms with Crippen molar-refractivity contribution in [3.05, 3.63) is 81.9 Å². The number of aromatic amines is 2. The molecule has 0 bridgehead atoms. The lowest BCUT2D eigenvalue weighted by Crippen LogP contribution is -2.35. The fraction of sp³-hybridized carbons (Fsp3) is 0.208. The Bertz CT molecular complexity index is 1340. The molecule has 0 saturated carbocycles. The maximum Gasteiger partial charge on any atom is 0.260 e. The lowest BCUT2D eigenvalue weighted by atomic mass is 10.1.